The number of aliphatic hydroxyl groups excluding tert-OH is 3. The van der Waals surface area contributed by atoms with E-state index in [0.29, 0.717) is 5.75 Å². The molecule has 0 spiro atoms. The molecule has 0 aliphatic carbocycles. The molecule has 1 fully saturated rings. The number of hydrogen-bond donors (Lipinski definition) is 4. The summed E-state index contributed by atoms with van der Waals surface area (Å²) in [6.45, 7) is -0.279. The molecule has 0 bridgehead atoms. The van der Waals surface area contributed by atoms with Gasteiger partial charge in [-0.1, -0.05) is 18.2 Å². The second kappa shape index (κ2) is 7.79. The van der Waals surface area contributed by atoms with Crippen molar-refractivity contribution in [2.24, 2.45) is 0 Å². The highest BCUT2D eigenvalue weighted by molar-refractivity contribution is 5.68. The van der Waals surface area contributed by atoms with E-state index in [1.807, 2.05) is 24.3 Å². The van der Waals surface area contributed by atoms with Gasteiger partial charge in [-0.2, -0.15) is 4.73 Å². The minimum Gasteiger partial charge on any atom is -0.496 e. The van der Waals surface area contributed by atoms with E-state index < -0.39 is 31.1 Å². The zero-order chi connectivity index (χ0) is 20.5. The van der Waals surface area contributed by atoms with Gasteiger partial charge in [-0.05, 0) is 6.07 Å². The normalized spacial score (nSPS) is 24.1. The molecule has 1 aromatic carbocycles. The lowest BCUT2D eigenvalue weighted by Crippen LogP contribution is -2.33. The second-order valence-electron chi connectivity index (χ2n) is 6.56. The fourth-order valence-corrected chi connectivity index (χ4v) is 3.27. The van der Waals surface area contributed by atoms with Crippen molar-refractivity contribution in [1.29, 1.82) is 5.41 Å². The van der Waals surface area contributed by atoms with Crippen molar-refractivity contribution in [1.82, 2.24) is 19.3 Å². The van der Waals surface area contributed by atoms with Gasteiger partial charge in [0.15, 0.2) is 22.9 Å². The van der Waals surface area contributed by atoms with Crippen LogP contribution in [0.5, 0.6) is 5.75 Å². The summed E-state index contributed by atoms with van der Waals surface area (Å²) in [4.78, 5) is 14.1. The van der Waals surface area contributed by atoms with E-state index in [-0.39, 0.29) is 23.3 Å². The highest BCUT2D eigenvalue weighted by Crippen LogP contribution is 2.30. The number of benzene rings is 1. The van der Waals surface area contributed by atoms with Crippen molar-refractivity contribution >= 4 is 11.2 Å². The maximum atomic E-state index is 10.2. The molecule has 1 aliphatic rings. The summed E-state index contributed by atoms with van der Waals surface area (Å²) in [5.41, 5.74) is 1.27. The molecule has 1 aliphatic heterocycles. The van der Waals surface area contributed by atoms with Crippen LogP contribution in [-0.2, 0) is 11.3 Å². The predicted molar refractivity (Wildman–Crippen MR) is 97.7 cm³/mol. The maximum absolute atomic E-state index is 10.2. The molecule has 0 saturated carbocycles. The number of imidazole rings is 1. The van der Waals surface area contributed by atoms with Gasteiger partial charge in [-0.3, -0.25) is 9.98 Å². The van der Waals surface area contributed by atoms with Crippen LogP contribution in [0.15, 0.2) is 36.9 Å². The zero-order valence-electron chi connectivity index (χ0n) is 15.5. The number of para-hydroxylation sites is 1. The van der Waals surface area contributed by atoms with E-state index in [1.165, 1.54) is 22.0 Å². The van der Waals surface area contributed by atoms with Crippen LogP contribution in [0.1, 0.15) is 11.8 Å². The number of aliphatic hydroxyl groups is 3. The summed E-state index contributed by atoms with van der Waals surface area (Å²) < 4.78 is 13.4. The van der Waals surface area contributed by atoms with Crippen molar-refractivity contribution in [2.75, 3.05) is 13.7 Å². The molecule has 4 N–H and O–H groups in total. The summed E-state index contributed by atoms with van der Waals surface area (Å²) in [5, 5.41) is 37.8. The van der Waals surface area contributed by atoms with Gasteiger partial charge in [0.25, 0.3) is 0 Å². The Morgan fingerprint density at radius 3 is 2.69 bits per heavy atom. The third-order valence-corrected chi connectivity index (χ3v) is 4.84. The van der Waals surface area contributed by atoms with Gasteiger partial charge < -0.3 is 29.6 Å². The van der Waals surface area contributed by atoms with Crippen molar-refractivity contribution in [3.63, 3.8) is 0 Å². The molecule has 3 aromatic rings. The Kier molecular flexibility index (Phi) is 5.20. The number of hydrogen-bond acceptors (Lipinski definition) is 9. The molecular weight excluding hydrogens is 382 g/mol. The summed E-state index contributed by atoms with van der Waals surface area (Å²) in [7, 11) is 1.57. The van der Waals surface area contributed by atoms with Crippen molar-refractivity contribution in [3.8, 4) is 5.75 Å². The first-order chi connectivity index (χ1) is 14.0. The number of ether oxygens (including phenoxy) is 2. The topological polar surface area (TPSA) is 148 Å². The maximum Gasteiger partial charge on any atom is 0.192 e. The summed E-state index contributed by atoms with van der Waals surface area (Å²) in [6, 6.07) is 7.38. The van der Waals surface area contributed by atoms with Gasteiger partial charge >= 0.3 is 0 Å². The van der Waals surface area contributed by atoms with Crippen LogP contribution in [0.4, 0.5) is 0 Å². The van der Waals surface area contributed by atoms with Crippen molar-refractivity contribution < 1.29 is 29.6 Å². The lowest BCUT2D eigenvalue weighted by Gasteiger charge is -2.16. The average Bonchev–Trinajstić information content (AvgIpc) is 3.29. The Balaban J connectivity index is 1.60. The Morgan fingerprint density at radius 1 is 1.17 bits per heavy atom. The standard InChI is InChI=1S/C18H21N5O6/c1-27-11-5-3-2-4-10(11)7-28-23-9-21-17-13(16(23)19)20-8-22(17)18-15(26)14(25)12(6-24)29-18/h2-5,8-9,12,14-15,18-19,24-26H,6-7H2,1H3/t12-,14-,15-,18-/m1/s1. The molecular formula is C18H21N5O6. The lowest BCUT2D eigenvalue weighted by atomic mass is 10.1. The fourth-order valence-electron chi connectivity index (χ4n) is 3.27. The summed E-state index contributed by atoms with van der Waals surface area (Å²) >= 11 is 0. The first-order valence-electron chi connectivity index (χ1n) is 8.91. The van der Waals surface area contributed by atoms with E-state index in [1.54, 1.807) is 7.11 Å². The SMILES string of the molecule is COc1ccccc1COn1cnc2c(ncn2[C@@H]2O[C@H](CO)[C@@H](O)[C@H]2O)c1=N. The third-order valence-electron chi connectivity index (χ3n) is 4.84. The molecule has 3 heterocycles. The second-order valence-corrected chi connectivity index (χ2v) is 6.56. The quantitative estimate of drug-likeness (QED) is 0.408. The smallest absolute Gasteiger partial charge is 0.192 e. The Bertz CT molecular complexity index is 1070. The van der Waals surface area contributed by atoms with Crippen LogP contribution in [0.3, 0.4) is 0 Å². The third kappa shape index (κ3) is 3.34. The minimum atomic E-state index is -1.27. The number of methoxy groups -OCH3 is 1. The van der Waals surface area contributed by atoms with Gasteiger partial charge in [-0.15, -0.1) is 0 Å². The molecule has 154 valence electrons. The van der Waals surface area contributed by atoms with E-state index in [9.17, 15) is 15.3 Å². The fraction of sp³-hybridized carbons (Fsp3) is 0.389. The molecule has 29 heavy (non-hydrogen) atoms. The molecule has 1 saturated heterocycles. The first kappa shape index (κ1) is 19.3. The number of nitrogens with one attached hydrogen (secondary N) is 1. The van der Waals surface area contributed by atoms with Gasteiger partial charge in [0.2, 0.25) is 0 Å². The van der Waals surface area contributed by atoms with Crippen molar-refractivity contribution in [2.45, 2.75) is 31.1 Å². The average molecular weight is 403 g/mol. The molecule has 4 rings (SSSR count). The highest BCUT2D eigenvalue weighted by atomic mass is 16.7. The van der Waals surface area contributed by atoms with Gasteiger partial charge in [0.1, 0.15) is 37.0 Å². The number of fused-ring (bicyclic) bond motifs is 1. The van der Waals surface area contributed by atoms with Crippen molar-refractivity contribution in [3.05, 3.63) is 48.0 Å². The largest absolute Gasteiger partial charge is 0.496 e. The van der Waals surface area contributed by atoms with Crippen LogP contribution >= 0.6 is 0 Å². The van der Waals surface area contributed by atoms with Crippen LogP contribution < -0.4 is 15.1 Å². The molecule has 0 unspecified atom stereocenters. The van der Waals surface area contributed by atoms with E-state index in [0.717, 1.165) is 5.56 Å². The molecule has 0 radical (unpaired) electrons. The zero-order valence-corrected chi connectivity index (χ0v) is 15.5. The van der Waals surface area contributed by atoms with Gasteiger partial charge in [0, 0.05) is 5.56 Å². The molecule has 4 atom stereocenters. The number of aromatic nitrogens is 4. The van der Waals surface area contributed by atoms with Crippen LogP contribution in [0, 0.1) is 5.41 Å². The van der Waals surface area contributed by atoms with Gasteiger partial charge in [0.05, 0.1) is 20.0 Å². The predicted octanol–water partition coefficient (Wildman–Crippen LogP) is -1.04. The first-order valence-corrected chi connectivity index (χ1v) is 8.91. The minimum absolute atomic E-state index is 0.0459. The molecule has 2 aromatic heterocycles. The van der Waals surface area contributed by atoms with Gasteiger partial charge in [-0.25, -0.2) is 9.97 Å². The van der Waals surface area contributed by atoms with Crippen LogP contribution in [-0.4, -0.2) is 66.6 Å². The number of nitrogens with zero attached hydrogens (tertiary/aromatic N) is 4. The summed E-state index contributed by atoms with van der Waals surface area (Å²) in [5.74, 6) is 0.669. The highest BCUT2D eigenvalue weighted by Gasteiger charge is 2.44. The number of rotatable bonds is 6. The van der Waals surface area contributed by atoms with E-state index in [4.69, 9.17) is 19.7 Å². The monoisotopic (exact) mass is 403 g/mol. The van der Waals surface area contributed by atoms with E-state index in [2.05, 4.69) is 9.97 Å². The van der Waals surface area contributed by atoms with Crippen LogP contribution in [0.25, 0.3) is 11.2 Å². The molecule has 0 amide bonds. The van der Waals surface area contributed by atoms with Crippen LogP contribution in [0.2, 0.25) is 0 Å². The Morgan fingerprint density at radius 2 is 1.97 bits per heavy atom. The Labute approximate surface area is 164 Å². The molecule has 11 nitrogen and oxygen atoms in total. The van der Waals surface area contributed by atoms with E-state index >= 15 is 0 Å². The summed E-state index contributed by atoms with van der Waals surface area (Å²) in [6.07, 6.45) is -1.73. The lowest BCUT2D eigenvalue weighted by molar-refractivity contribution is -0.0511. The molecule has 11 heteroatoms. The Hall–Kier alpha value is -2.99.